The number of nitrogens with one attached hydrogen (secondary N) is 1. The highest BCUT2D eigenvalue weighted by Crippen LogP contribution is 2.32. The van der Waals surface area contributed by atoms with Crippen molar-refractivity contribution in [2.24, 2.45) is 7.05 Å². The number of anilines is 1. The van der Waals surface area contributed by atoms with Crippen LogP contribution in [0.25, 0.3) is 0 Å². The van der Waals surface area contributed by atoms with Crippen molar-refractivity contribution in [1.29, 1.82) is 0 Å². The first-order valence-corrected chi connectivity index (χ1v) is 4.90. The van der Waals surface area contributed by atoms with Crippen LogP contribution >= 0.6 is 0 Å². The second-order valence-corrected chi connectivity index (χ2v) is 3.65. The van der Waals surface area contributed by atoms with Gasteiger partial charge in [-0.1, -0.05) is 12.8 Å². The van der Waals surface area contributed by atoms with Crippen molar-refractivity contribution in [2.75, 3.05) is 12.4 Å². The number of hydrogen-bond acceptors (Lipinski definition) is 3. The van der Waals surface area contributed by atoms with Crippen LogP contribution in [0.2, 0.25) is 0 Å². The fraction of sp³-hybridized carbons (Fsp3) is 0.778. The Balaban J connectivity index is 2.20. The SMILES string of the molecule is CNc1nc(C2CCCC2)nn1C. The molecule has 1 aliphatic rings. The van der Waals surface area contributed by atoms with Gasteiger partial charge in [0.1, 0.15) is 0 Å². The van der Waals surface area contributed by atoms with Crippen molar-refractivity contribution in [3.63, 3.8) is 0 Å². The zero-order valence-electron chi connectivity index (χ0n) is 8.25. The van der Waals surface area contributed by atoms with Gasteiger partial charge in [0.2, 0.25) is 5.95 Å². The largest absolute Gasteiger partial charge is 0.358 e. The zero-order chi connectivity index (χ0) is 9.26. The fourth-order valence-electron chi connectivity index (χ4n) is 1.98. The van der Waals surface area contributed by atoms with Gasteiger partial charge in [-0.3, -0.25) is 0 Å². The second kappa shape index (κ2) is 3.36. The Morgan fingerprint density at radius 3 is 2.62 bits per heavy atom. The van der Waals surface area contributed by atoms with Gasteiger partial charge in [0.25, 0.3) is 0 Å². The van der Waals surface area contributed by atoms with Crippen molar-refractivity contribution < 1.29 is 0 Å². The third kappa shape index (κ3) is 1.53. The van der Waals surface area contributed by atoms with E-state index in [9.17, 15) is 0 Å². The third-order valence-electron chi connectivity index (χ3n) is 2.72. The molecule has 1 saturated carbocycles. The minimum Gasteiger partial charge on any atom is -0.358 e. The van der Waals surface area contributed by atoms with Gasteiger partial charge in [0, 0.05) is 20.0 Å². The van der Waals surface area contributed by atoms with E-state index in [0.717, 1.165) is 11.8 Å². The molecule has 0 amide bonds. The predicted molar refractivity (Wildman–Crippen MR) is 51.8 cm³/mol. The maximum Gasteiger partial charge on any atom is 0.220 e. The molecule has 72 valence electrons. The second-order valence-electron chi connectivity index (χ2n) is 3.65. The normalized spacial score (nSPS) is 18.0. The molecule has 4 nitrogen and oxygen atoms in total. The summed E-state index contributed by atoms with van der Waals surface area (Å²) in [6.07, 6.45) is 5.18. The molecule has 1 heterocycles. The standard InChI is InChI=1S/C9H16N4/c1-10-9-11-8(12-13(9)2)7-5-3-4-6-7/h7H,3-6H2,1-2H3,(H,10,11,12). The number of aryl methyl sites for hydroxylation is 1. The molecular weight excluding hydrogens is 164 g/mol. The lowest BCUT2D eigenvalue weighted by molar-refractivity contribution is 0.648. The number of nitrogens with zero attached hydrogens (tertiary/aromatic N) is 3. The summed E-state index contributed by atoms with van der Waals surface area (Å²) in [5.41, 5.74) is 0. The highest BCUT2D eigenvalue weighted by atomic mass is 15.4. The Morgan fingerprint density at radius 2 is 2.08 bits per heavy atom. The van der Waals surface area contributed by atoms with E-state index in [1.165, 1.54) is 25.7 Å². The van der Waals surface area contributed by atoms with Gasteiger partial charge in [-0.2, -0.15) is 10.1 Å². The van der Waals surface area contributed by atoms with Crippen LogP contribution in [-0.4, -0.2) is 21.8 Å². The molecule has 0 aromatic carbocycles. The summed E-state index contributed by atoms with van der Waals surface area (Å²) >= 11 is 0. The summed E-state index contributed by atoms with van der Waals surface area (Å²) in [6.45, 7) is 0. The topological polar surface area (TPSA) is 42.7 Å². The molecule has 2 rings (SSSR count). The molecule has 13 heavy (non-hydrogen) atoms. The summed E-state index contributed by atoms with van der Waals surface area (Å²) in [5, 5.41) is 7.43. The van der Waals surface area contributed by atoms with E-state index in [2.05, 4.69) is 15.4 Å². The number of rotatable bonds is 2. The van der Waals surface area contributed by atoms with Gasteiger partial charge in [-0.15, -0.1) is 0 Å². The van der Waals surface area contributed by atoms with Crippen molar-refractivity contribution in [3.8, 4) is 0 Å². The maximum absolute atomic E-state index is 4.45. The summed E-state index contributed by atoms with van der Waals surface area (Å²) in [6, 6.07) is 0. The van der Waals surface area contributed by atoms with E-state index in [1.54, 1.807) is 0 Å². The summed E-state index contributed by atoms with van der Waals surface area (Å²) < 4.78 is 1.81. The van der Waals surface area contributed by atoms with E-state index >= 15 is 0 Å². The van der Waals surface area contributed by atoms with Crippen molar-refractivity contribution in [3.05, 3.63) is 5.82 Å². The highest BCUT2D eigenvalue weighted by molar-refractivity contribution is 5.24. The molecule has 0 bridgehead atoms. The smallest absolute Gasteiger partial charge is 0.220 e. The molecule has 1 aliphatic carbocycles. The Hall–Kier alpha value is -1.06. The van der Waals surface area contributed by atoms with Crippen LogP contribution in [0.5, 0.6) is 0 Å². The van der Waals surface area contributed by atoms with Crippen LogP contribution in [0.3, 0.4) is 0 Å². The molecule has 0 aliphatic heterocycles. The van der Waals surface area contributed by atoms with E-state index in [4.69, 9.17) is 0 Å². The van der Waals surface area contributed by atoms with Crippen molar-refractivity contribution in [2.45, 2.75) is 31.6 Å². The average molecular weight is 180 g/mol. The Labute approximate surface area is 78.4 Å². The van der Waals surface area contributed by atoms with Crippen LogP contribution in [0.1, 0.15) is 37.4 Å². The van der Waals surface area contributed by atoms with Crippen LogP contribution in [-0.2, 0) is 7.05 Å². The lowest BCUT2D eigenvalue weighted by Crippen LogP contribution is -1.99. The van der Waals surface area contributed by atoms with E-state index in [1.807, 2.05) is 18.8 Å². The maximum atomic E-state index is 4.45. The first-order chi connectivity index (χ1) is 6.31. The van der Waals surface area contributed by atoms with Crippen molar-refractivity contribution >= 4 is 5.95 Å². The Kier molecular flexibility index (Phi) is 2.20. The predicted octanol–water partition coefficient (Wildman–Crippen LogP) is 1.51. The van der Waals surface area contributed by atoms with Crippen LogP contribution in [0.4, 0.5) is 5.95 Å². The minimum absolute atomic E-state index is 0.605. The molecule has 4 heteroatoms. The van der Waals surface area contributed by atoms with Gasteiger partial charge < -0.3 is 5.32 Å². The molecule has 1 fully saturated rings. The van der Waals surface area contributed by atoms with Gasteiger partial charge in [0.15, 0.2) is 5.82 Å². The van der Waals surface area contributed by atoms with E-state index in [-0.39, 0.29) is 0 Å². The molecule has 0 atom stereocenters. The van der Waals surface area contributed by atoms with Gasteiger partial charge in [0.05, 0.1) is 0 Å². The molecule has 1 aromatic rings. The van der Waals surface area contributed by atoms with Crippen molar-refractivity contribution in [1.82, 2.24) is 14.8 Å². The molecule has 0 radical (unpaired) electrons. The lowest BCUT2D eigenvalue weighted by atomic mass is 10.1. The molecule has 1 N–H and O–H groups in total. The third-order valence-corrected chi connectivity index (χ3v) is 2.72. The van der Waals surface area contributed by atoms with Gasteiger partial charge in [-0.05, 0) is 12.8 Å². The highest BCUT2D eigenvalue weighted by Gasteiger charge is 2.21. The van der Waals surface area contributed by atoms with Crippen LogP contribution < -0.4 is 5.32 Å². The number of hydrogen-bond donors (Lipinski definition) is 1. The molecule has 1 aromatic heterocycles. The van der Waals surface area contributed by atoms with Gasteiger partial charge in [-0.25, -0.2) is 4.68 Å². The Bertz CT molecular complexity index is 286. The number of aromatic nitrogens is 3. The average Bonchev–Trinajstić information content (AvgIpc) is 2.71. The molecule has 0 saturated heterocycles. The van der Waals surface area contributed by atoms with Crippen LogP contribution in [0.15, 0.2) is 0 Å². The zero-order valence-corrected chi connectivity index (χ0v) is 8.25. The van der Waals surface area contributed by atoms with E-state index in [0.29, 0.717) is 5.92 Å². The lowest BCUT2D eigenvalue weighted by Gasteiger charge is -2.00. The summed E-state index contributed by atoms with van der Waals surface area (Å²) in [5.74, 6) is 2.49. The summed E-state index contributed by atoms with van der Waals surface area (Å²) in [4.78, 5) is 4.45. The molecule has 0 spiro atoms. The first kappa shape index (κ1) is 8.53. The first-order valence-electron chi connectivity index (χ1n) is 4.90. The molecular formula is C9H16N4. The summed E-state index contributed by atoms with van der Waals surface area (Å²) in [7, 11) is 3.81. The van der Waals surface area contributed by atoms with Gasteiger partial charge >= 0.3 is 0 Å². The fourth-order valence-corrected chi connectivity index (χ4v) is 1.98. The minimum atomic E-state index is 0.605. The van der Waals surface area contributed by atoms with Crippen LogP contribution in [0, 0.1) is 0 Å². The molecule has 0 unspecified atom stereocenters. The monoisotopic (exact) mass is 180 g/mol. The van der Waals surface area contributed by atoms with E-state index < -0.39 is 0 Å². The quantitative estimate of drug-likeness (QED) is 0.750. The Morgan fingerprint density at radius 1 is 1.38 bits per heavy atom.